The van der Waals surface area contributed by atoms with Crippen molar-refractivity contribution in [2.24, 2.45) is 0 Å². The zero-order valence-electron chi connectivity index (χ0n) is 9.97. The first kappa shape index (κ1) is 11.6. The molecule has 1 atom stereocenters. The summed E-state index contributed by atoms with van der Waals surface area (Å²) in [5.41, 5.74) is 7.35. The van der Waals surface area contributed by atoms with Crippen molar-refractivity contribution in [3.63, 3.8) is 0 Å². The second-order valence-corrected chi connectivity index (χ2v) is 4.00. The highest BCUT2D eigenvalue weighted by molar-refractivity contribution is 5.91. The van der Waals surface area contributed by atoms with Gasteiger partial charge in [0.25, 0.3) is 0 Å². The molecule has 0 saturated carbocycles. The summed E-state index contributed by atoms with van der Waals surface area (Å²) in [5, 5.41) is 4.21. The van der Waals surface area contributed by atoms with E-state index in [-0.39, 0.29) is 6.04 Å². The van der Waals surface area contributed by atoms with Crippen LogP contribution >= 0.6 is 0 Å². The zero-order chi connectivity index (χ0) is 12.3. The van der Waals surface area contributed by atoms with Gasteiger partial charge in [-0.25, -0.2) is 9.97 Å². The molecule has 0 aliphatic heterocycles. The van der Waals surface area contributed by atoms with Gasteiger partial charge < -0.3 is 15.8 Å². The van der Waals surface area contributed by atoms with Gasteiger partial charge in [0.1, 0.15) is 12.1 Å². The van der Waals surface area contributed by atoms with E-state index in [4.69, 9.17) is 10.5 Å². The molecule has 90 valence electrons. The summed E-state index contributed by atoms with van der Waals surface area (Å²) in [6, 6.07) is 5.77. The predicted molar refractivity (Wildman–Crippen MR) is 68.9 cm³/mol. The van der Waals surface area contributed by atoms with Gasteiger partial charge in [-0.2, -0.15) is 0 Å². The van der Waals surface area contributed by atoms with Crippen LogP contribution in [0.3, 0.4) is 0 Å². The molecule has 17 heavy (non-hydrogen) atoms. The van der Waals surface area contributed by atoms with Crippen LogP contribution in [-0.4, -0.2) is 29.7 Å². The number of benzene rings is 1. The van der Waals surface area contributed by atoms with Crippen LogP contribution in [-0.2, 0) is 4.74 Å². The van der Waals surface area contributed by atoms with Gasteiger partial charge >= 0.3 is 0 Å². The molecular weight excluding hydrogens is 216 g/mol. The van der Waals surface area contributed by atoms with Gasteiger partial charge in [-0.05, 0) is 25.1 Å². The Morgan fingerprint density at radius 1 is 1.41 bits per heavy atom. The molecule has 0 aliphatic carbocycles. The molecule has 5 heteroatoms. The van der Waals surface area contributed by atoms with E-state index in [1.165, 1.54) is 0 Å². The van der Waals surface area contributed by atoms with E-state index < -0.39 is 0 Å². The molecule has 0 amide bonds. The summed E-state index contributed by atoms with van der Waals surface area (Å²) in [7, 11) is 1.67. The highest BCUT2D eigenvalue weighted by atomic mass is 16.5. The number of nitrogens with two attached hydrogens (primary N) is 1. The number of hydrogen-bond acceptors (Lipinski definition) is 5. The minimum absolute atomic E-state index is 0.180. The van der Waals surface area contributed by atoms with E-state index in [0.717, 1.165) is 16.7 Å². The molecule has 0 aliphatic rings. The average molecular weight is 232 g/mol. The number of anilines is 2. The number of ether oxygens (including phenoxy) is 1. The normalized spacial score (nSPS) is 12.6. The molecule has 0 radical (unpaired) electrons. The first-order chi connectivity index (χ1) is 8.20. The fourth-order valence-electron chi connectivity index (χ4n) is 1.71. The number of nitrogen functional groups attached to an aromatic ring is 1. The topological polar surface area (TPSA) is 73.1 Å². The van der Waals surface area contributed by atoms with E-state index in [9.17, 15) is 0 Å². The molecule has 0 spiro atoms. The van der Waals surface area contributed by atoms with E-state index >= 15 is 0 Å². The minimum atomic E-state index is 0.180. The lowest BCUT2D eigenvalue weighted by Gasteiger charge is -2.14. The number of hydrogen-bond donors (Lipinski definition) is 2. The van der Waals surface area contributed by atoms with E-state index in [2.05, 4.69) is 15.3 Å². The Bertz CT molecular complexity index is 515. The SMILES string of the molecule is COCC(C)Nc1ncnc2ccc(N)cc12. The number of methoxy groups -OCH3 is 1. The summed E-state index contributed by atoms with van der Waals surface area (Å²) in [5.74, 6) is 0.784. The number of aromatic nitrogens is 2. The maximum absolute atomic E-state index is 5.77. The monoisotopic (exact) mass is 232 g/mol. The van der Waals surface area contributed by atoms with Crippen molar-refractivity contribution in [3.8, 4) is 0 Å². The van der Waals surface area contributed by atoms with Crippen molar-refractivity contribution in [2.75, 3.05) is 24.8 Å². The van der Waals surface area contributed by atoms with E-state index in [1.54, 1.807) is 13.4 Å². The number of nitrogens with one attached hydrogen (secondary N) is 1. The zero-order valence-corrected chi connectivity index (χ0v) is 9.97. The summed E-state index contributed by atoms with van der Waals surface area (Å²) in [6.07, 6.45) is 1.54. The molecular formula is C12H16N4O. The fraction of sp³-hybridized carbons (Fsp3) is 0.333. The van der Waals surface area contributed by atoms with Crippen LogP contribution in [0.2, 0.25) is 0 Å². The minimum Gasteiger partial charge on any atom is -0.399 e. The third kappa shape index (κ3) is 2.62. The summed E-state index contributed by atoms with van der Waals surface area (Å²) in [6.45, 7) is 2.65. The van der Waals surface area contributed by atoms with Crippen LogP contribution in [0.25, 0.3) is 10.9 Å². The lowest BCUT2D eigenvalue weighted by Crippen LogP contribution is -2.21. The molecule has 1 aromatic heterocycles. The van der Waals surface area contributed by atoms with Crippen LogP contribution < -0.4 is 11.1 Å². The Labute approximate surface area is 100 Å². The highest BCUT2D eigenvalue weighted by Gasteiger charge is 2.07. The molecule has 3 N–H and O–H groups in total. The molecule has 1 heterocycles. The second kappa shape index (κ2) is 4.97. The quantitative estimate of drug-likeness (QED) is 0.784. The number of nitrogens with zero attached hydrogens (tertiary/aromatic N) is 2. The first-order valence-corrected chi connectivity index (χ1v) is 5.46. The molecule has 0 fully saturated rings. The Kier molecular flexibility index (Phi) is 3.39. The largest absolute Gasteiger partial charge is 0.399 e. The van der Waals surface area contributed by atoms with Gasteiger partial charge in [0.15, 0.2) is 0 Å². The van der Waals surface area contributed by atoms with Gasteiger partial charge in [-0.3, -0.25) is 0 Å². The highest BCUT2D eigenvalue weighted by Crippen LogP contribution is 2.22. The van der Waals surface area contributed by atoms with Crippen LogP contribution in [0.4, 0.5) is 11.5 Å². The first-order valence-electron chi connectivity index (χ1n) is 5.46. The number of fused-ring (bicyclic) bond motifs is 1. The standard InChI is InChI=1S/C12H16N4O/c1-8(6-17-2)16-12-10-5-9(13)3-4-11(10)14-7-15-12/h3-5,7-8H,6,13H2,1-2H3,(H,14,15,16). The van der Waals surface area contributed by atoms with Crippen LogP contribution in [0.5, 0.6) is 0 Å². The van der Waals surface area contributed by atoms with Crippen molar-refractivity contribution in [1.82, 2.24) is 9.97 Å². The Morgan fingerprint density at radius 3 is 3.00 bits per heavy atom. The van der Waals surface area contributed by atoms with Gasteiger partial charge in [-0.1, -0.05) is 0 Å². The maximum atomic E-state index is 5.77. The van der Waals surface area contributed by atoms with Crippen molar-refractivity contribution in [2.45, 2.75) is 13.0 Å². The molecule has 5 nitrogen and oxygen atoms in total. The molecule has 0 saturated heterocycles. The van der Waals surface area contributed by atoms with Crippen molar-refractivity contribution in [3.05, 3.63) is 24.5 Å². The average Bonchev–Trinajstić information content (AvgIpc) is 2.30. The Hall–Kier alpha value is -1.88. The smallest absolute Gasteiger partial charge is 0.137 e. The van der Waals surface area contributed by atoms with Crippen molar-refractivity contribution >= 4 is 22.4 Å². The fourth-order valence-corrected chi connectivity index (χ4v) is 1.71. The maximum Gasteiger partial charge on any atom is 0.137 e. The lowest BCUT2D eigenvalue weighted by atomic mass is 10.2. The van der Waals surface area contributed by atoms with Gasteiger partial charge in [0.05, 0.1) is 12.1 Å². The third-order valence-electron chi connectivity index (χ3n) is 2.46. The van der Waals surface area contributed by atoms with E-state index in [0.29, 0.717) is 12.3 Å². The summed E-state index contributed by atoms with van der Waals surface area (Å²) < 4.78 is 5.08. The Morgan fingerprint density at radius 2 is 2.24 bits per heavy atom. The third-order valence-corrected chi connectivity index (χ3v) is 2.46. The second-order valence-electron chi connectivity index (χ2n) is 4.00. The molecule has 1 aromatic carbocycles. The predicted octanol–water partition coefficient (Wildman–Crippen LogP) is 1.66. The molecule has 1 unspecified atom stereocenters. The molecule has 2 rings (SSSR count). The molecule has 0 bridgehead atoms. The van der Waals surface area contributed by atoms with Crippen LogP contribution in [0.15, 0.2) is 24.5 Å². The van der Waals surface area contributed by atoms with E-state index in [1.807, 2.05) is 25.1 Å². The Balaban J connectivity index is 2.36. The summed E-state index contributed by atoms with van der Waals surface area (Å²) in [4.78, 5) is 8.44. The number of rotatable bonds is 4. The van der Waals surface area contributed by atoms with Crippen molar-refractivity contribution < 1.29 is 4.74 Å². The summed E-state index contributed by atoms with van der Waals surface area (Å²) >= 11 is 0. The van der Waals surface area contributed by atoms with Gasteiger partial charge in [0.2, 0.25) is 0 Å². The molecule has 2 aromatic rings. The van der Waals surface area contributed by atoms with Crippen LogP contribution in [0, 0.1) is 0 Å². The van der Waals surface area contributed by atoms with Gasteiger partial charge in [-0.15, -0.1) is 0 Å². The van der Waals surface area contributed by atoms with Crippen LogP contribution in [0.1, 0.15) is 6.92 Å². The van der Waals surface area contributed by atoms with Gasteiger partial charge in [0, 0.05) is 24.2 Å². The lowest BCUT2D eigenvalue weighted by molar-refractivity contribution is 0.190. The van der Waals surface area contributed by atoms with Crippen molar-refractivity contribution in [1.29, 1.82) is 0 Å².